The molecule has 2 bridgehead atoms. The van der Waals surface area contributed by atoms with E-state index >= 15 is 0 Å². The predicted octanol–water partition coefficient (Wildman–Crippen LogP) is 4.06. The highest BCUT2D eigenvalue weighted by Crippen LogP contribution is 2.25. The lowest BCUT2D eigenvalue weighted by atomic mass is 9.70. The van der Waals surface area contributed by atoms with Crippen molar-refractivity contribution in [3.8, 4) is 0 Å². The Morgan fingerprint density at radius 1 is 0.420 bits per heavy atom. The lowest BCUT2D eigenvalue weighted by molar-refractivity contribution is 0.0685. The molecule has 3 fully saturated rings. The summed E-state index contributed by atoms with van der Waals surface area (Å²) in [7, 11) is 0. The average Bonchev–Trinajstić information content (AvgIpc) is 3.15. The van der Waals surface area contributed by atoms with E-state index in [1.807, 2.05) is 0 Å². The smallest absolute Gasteiger partial charge is 0.536 e. The normalized spacial score (nSPS) is 30.4. The van der Waals surface area contributed by atoms with Gasteiger partial charge in [0.05, 0.1) is 45.4 Å². The number of rotatable bonds is 4. The van der Waals surface area contributed by atoms with Crippen LogP contribution in [-0.2, 0) is 28.5 Å². The van der Waals surface area contributed by atoms with E-state index in [9.17, 15) is 19.8 Å². The molecule has 50 heavy (non-hydrogen) atoms. The molecule has 2 aromatic carbocycles. The molecule has 0 spiro atoms. The second kappa shape index (κ2) is 14.1. The molecule has 18 heteroatoms. The third-order valence-corrected chi connectivity index (χ3v) is 9.17. The highest BCUT2D eigenvalue weighted by atomic mass is 16.9. The molecule has 3 aliphatic heterocycles. The molecule has 0 unspecified atom stereocenters. The summed E-state index contributed by atoms with van der Waals surface area (Å²) in [4.78, 5) is 23.4. The fraction of sp³-hybridized carbons (Fsp3) is 0.375. The largest absolute Gasteiger partial charge is 0.640 e. The number of carboxylic acid groups (broad SMARTS) is 2. The zero-order valence-corrected chi connectivity index (χ0v) is 27.1. The summed E-state index contributed by atoms with van der Waals surface area (Å²) in [6.45, 7) is -6.27. The topological polar surface area (TPSA) is 204 Å². The number of aromatic carboxylic acids is 2. The van der Waals surface area contributed by atoms with Gasteiger partial charge in [-0.3, -0.25) is 0 Å². The molecule has 0 saturated heterocycles. The Balaban J connectivity index is 1.46. The fourth-order valence-corrected chi connectivity index (χ4v) is 6.21. The average molecular weight is 684 g/mol. The van der Waals surface area contributed by atoms with Gasteiger partial charge in [-0.25, -0.2) is 9.59 Å². The molecule has 3 heterocycles. The van der Waals surface area contributed by atoms with Crippen molar-refractivity contribution < 1.29 is 48.3 Å². The minimum Gasteiger partial charge on any atom is -0.536 e. The van der Waals surface area contributed by atoms with E-state index in [2.05, 4.69) is 30.9 Å². The summed E-state index contributed by atoms with van der Waals surface area (Å²) in [5.74, 6) is -2.21. The van der Waals surface area contributed by atoms with Crippen molar-refractivity contribution in [2.45, 2.75) is 77.0 Å². The van der Waals surface area contributed by atoms with E-state index in [0.29, 0.717) is 83.7 Å². The van der Waals surface area contributed by atoms with Crippen molar-refractivity contribution in [2.24, 2.45) is 30.9 Å². The van der Waals surface area contributed by atoms with Gasteiger partial charge in [0.25, 0.3) is 0 Å². The monoisotopic (exact) mass is 684 g/mol. The second-order valence-electron chi connectivity index (χ2n) is 12.6. The maximum absolute atomic E-state index is 11.7. The van der Waals surface area contributed by atoms with Gasteiger partial charge in [-0.2, -0.15) is 0 Å². The first-order valence-electron chi connectivity index (χ1n) is 16.8. The molecule has 16 nitrogen and oxygen atoms in total. The first kappa shape index (κ1) is 32.9. The lowest BCUT2D eigenvalue weighted by Crippen LogP contribution is -2.55. The molecule has 3 aliphatic carbocycles. The summed E-state index contributed by atoms with van der Waals surface area (Å²) in [5, 5.41) is 46.2. The second-order valence-corrected chi connectivity index (χ2v) is 12.6. The van der Waals surface area contributed by atoms with Crippen LogP contribution >= 0.6 is 0 Å². The Morgan fingerprint density at radius 3 is 0.840 bits per heavy atom. The number of benzene rings is 2. The Bertz CT molecular complexity index is 1590. The Kier molecular flexibility index (Phi) is 9.23. The van der Waals surface area contributed by atoms with E-state index < -0.39 is 25.4 Å². The van der Waals surface area contributed by atoms with Crippen molar-refractivity contribution >= 4 is 70.6 Å². The molecular weight excluding hydrogens is 650 g/mol. The van der Waals surface area contributed by atoms with E-state index in [-0.39, 0.29) is 11.1 Å². The molecule has 0 amide bonds. The third kappa shape index (κ3) is 6.77. The Hall–Kier alpha value is -5.67. The van der Waals surface area contributed by atoms with Crippen LogP contribution in [0.15, 0.2) is 79.5 Å². The van der Waals surface area contributed by atoms with E-state index in [4.69, 9.17) is 28.5 Å². The minimum atomic E-state index is -3.13. The molecular formula is C32H34B2N6O10-2. The molecule has 8 rings (SSSR count). The Labute approximate surface area is 286 Å². The van der Waals surface area contributed by atoms with Crippen LogP contribution in [0.5, 0.6) is 0 Å². The van der Waals surface area contributed by atoms with Crippen LogP contribution in [0.1, 0.15) is 97.8 Å². The third-order valence-electron chi connectivity index (χ3n) is 9.17. The lowest BCUT2D eigenvalue weighted by Gasteiger charge is -2.38. The summed E-state index contributed by atoms with van der Waals surface area (Å²) < 4.78 is 37.5. The van der Waals surface area contributed by atoms with Gasteiger partial charge in [0.1, 0.15) is 0 Å². The van der Waals surface area contributed by atoms with Gasteiger partial charge in [0, 0.05) is 0 Å². The first-order valence-corrected chi connectivity index (χ1v) is 16.8. The van der Waals surface area contributed by atoms with E-state index in [0.717, 1.165) is 38.5 Å². The van der Waals surface area contributed by atoms with Crippen molar-refractivity contribution in [3.63, 3.8) is 0 Å². The molecule has 3 saturated carbocycles. The molecule has 260 valence electrons. The minimum absolute atomic E-state index is 0.0474. The fourth-order valence-electron chi connectivity index (χ4n) is 6.21. The van der Waals surface area contributed by atoms with Crippen LogP contribution in [0.3, 0.4) is 0 Å². The van der Waals surface area contributed by atoms with Gasteiger partial charge in [-0.15, -0.1) is 30.9 Å². The van der Waals surface area contributed by atoms with Crippen LogP contribution in [0.2, 0.25) is 0 Å². The highest BCUT2D eigenvalue weighted by Gasteiger charge is 2.44. The summed E-state index contributed by atoms with van der Waals surface area (Å²) in [6.07, 6.45) is 7.48. The molecule has 0 atom stereocenters. The number of oxime groups is 6. The van der Waals surface area contributed by atoms with Gasteiger partial charge in [-0.05, 0) is 77.0 Å². The van der Waals surface area contributed by atoms with Gasteiger partial charge in [-0.1, -0.05) is 59.5 Å². The van der Waals surface area contributed by atoms with Crippen molar-refractivity contribution in [1.82, 2.24) is 0 Å². The van der Waals surface area contributed by atoms with Crippen molar-refractivity contribution in [3.05, 3.63) is 59.7 Å². The van der Waals surface area contributed by atoms with Crippen LogP contribution < -0.4 is 10.9 Å². The van der Waals surface area contributed by atoms with Gasteiger partial charge in [0.15, 0.2) is 0 Å². The maximum Gasteiger partial charge on any atom is 0.640 e. The SMILES string of the molecule is O=C(O)c1ccc([B-]23ON=C4CCCC/C4=N\O[B-](c4ccc(C(=O)O)cc4)(O/N=C4\CCCC\C4=N/O2)O/N=C2\CCCC\C2=N/O3)cc1. The van der Waals surface area contributed by atoms with Crippen molar-refractivity contribution in [1.29, 1.82) is 0 Å². The summed E-state index contributed by atoms with van der Waals surface area (Å²) in [6, 6.07) is 11.7. The molecule has 2 N–H and O–H groups in total. The molecule has 0 aromatic heterocycles. The van der Waals surface area contributed by atoms with Crippen LogP contribution in [0, 0.1) is 0 Å². The predicted molar refractivity (Wildman–Crippen MR) is 184 cm³/mol. The number of hydrogen-bond acceptors (Lipinski definition) is 14. The van der Waals surface area contributed by atoms with Gasteiger partial charge < -0.3 is 38.7 Å². The first-order chi connectivity index (χ1) is 24.3. The maximum atomic E-state index is 11.7. The zero-order chi connectivity index (χ0) is 34.6. The number of hydrogen-bond donors (Lipinski definition) is 2. The van der Waals surface area contributed by atoms with E-state index in [1.165, 1.54) is 48.5 Å². The van der Waals surface area contributed by atoms with Gasteiger partial charge in [0.2, 0.25) is 0 Å². The van der Waals surface area contributed by atoms with Crippen LogP contribution in [0.25, 0.3) is 0 Å². The number of carbonyl (C=O) groups is 2. The van der Waals surface area contributed by atoms with Crippen molar-refractivity contribution in [2.75, 3.05) is 0 Å². The van der Waals surface area contributed by atoms with Crippen LogP contribution in [0.4, 0.5) is 0 Å². The van der Waals surface area contributed by atoms with E-state index in [1.54, 1.807) is 0 Å². The zero-order valence-electron chi connectivity index (χ0n) is 27.1. The number of nitrogens with zero attached hydrogens (tertiary/aromatic N) is 6. The summed E-state index contributed by atoms with van der Waals surface area (Å²) in [5.41, 5.74) is 3.27. The van der Waals surface area contributed by atoms with Crippen LogP contribution in [-0.4, -0.2) is 69.9 Å². The standard InChI is InChI=1S/C32H34B2N6O10/c41-31(42)21-13-17-23(18-14-21)33-45-35-25-7-1-2-8-26(25)36-46-34(24-19-15-22(16-20-24)32(43)44,49-39-29-11-5-3-9-27(29)37-47-33)50-40-30-12-6-4-10-28(30)38-48-33/h13-20H,1-12H2,(H,41,42)(H,43,44)/q-2/b35-25+,36-26+,37-27+,38-28+,39-29+,40-30?. The number of carboxylic acids is 2. The molecule has 6 aliphatic rings. The number of fused-ring (bicyclic) bond motifs is 6. The highest BCUT2D eigenvalue weighted by molar-refractivity contribution is 6.76. The summed E-state index contributed by atoms with van der Waals surface area (Å²) >= 11 is 0. The molecule has 0 radical (unpaired) electrons. The van der Waals surface area contributed by atoms with Gasteiger partial charge >= 0.3 is 25.4 Å². The molecule has 2 aromatic rings. The Morgan fingerprint density at radius 2 is 0.640 bits per heavy atom. The quantitative estimate of drug-likeness (QED) is 0.442.